The molecular formula is C15H19NO2. The second-order valence-corrected chi connectivity index (χ2v) is 4.41. The second kappa shape index (κ2) is 5.74. The number of benzene rings is 1. The van der Waals surface area contributed by atoms with Gasteiger partial charge in [0, 0.05) is 6.04 Å². The van der Waals surface area contributed by atoms with E-state index in [9.17, 15) is 0 Å². The van der Waals surface area contributed by atoms with Gasteiger partial charge < -0.3 is 14.5 Å². The number of nitrogens with one attached hydrogen (secondary N) is 1. The number of aryl methyl sites for hydroxylation is 1. The van der Waals surface area contributed by atoms with Crippen molar-refractivity contribution in [1.29, 1.82) is 0 Å². The van der Waals surface area contributed by atoms with Crippen molar-refractivity contribution in [3.05, 3.63) is 53.5 Å². The number of hydrogen-bond donors (Lipinski definition) is 1. The van der Waals surface area contributed by atoms with E-state index in [0.29, 0.717) is 0 Å². The zero-order valence-corrected chi connectivity index (χ0v) is 11.1. The van der Waals surface area contributed by atoms with Crippen LogP contribution in [-0.4, -0.2) is 7.11 Å². The fraction of sp³-hybridized carbons (Fsp3) is 0.333. The first-order valence-electron chi connectivity index (χ1n) is 6.11. The maximum absolute atomic E-state index is 5.41. The van der Waals surface area contributed by atoms with Crippen molar-refractivity contribution in [3.63, 3.8) is 0 Å². The van der Waals surface area contributed by atoms with E-state index >= 15 is 0 Å². The van der Waals surface area contributed by atoms with Gasteiger partial charge in [0.2, 0.25) is 0 Å². The summed E-state index contributed by atoms with van der Waals surface area (Å²) in [5, 5.41) is 3.44. The third kappa shape index (κ3) is 2.93. The third-order valence-corrected chi connectivity index (χ3v) is 3.13. The summed E-state index contributed by atoms with van der Waals surface area (Å²) in [5.74, 6) is 1.88. The Morgan fingerprint density at radius 1 is 1.33 bits per heavy atom. The number of ether oxygens (including phenoxy) is 1. The summed E-state index contributed by atoms with van der Waals surface area (Å²) in [7, 11) is 1.68. The molecule has 18 heavy (non-hydrogen) atoms. The van der Waals surface area contributed by atoms with Gasteiger partial charge in [-0.1, -0.05) is 12.1 Å². The smallest absolute Gasteiger partial charge is 0.120 e. The normalized spacial score (nSPS) is 12.4. The van der Waals surface area contributed by atoms with Gasteiger partial charge in [0.05, 0.1) is 19.9 Å². The molecule has 1 heterocycles. The van der Waals surface area contributed by atoms with Crippen LogP contribution in [0.25, 0.3) is 0 Å². The van der Waals surface area contributed by atoms with Crippen LogP contribution in [0.3, 0.4) is 0 Å². The highest BCUT2D eigenvalue weighted by Crippen LogP contribution is 2.19. The Bertz CT molecular complexity index is 505. The molecule has 0 saturated carbocycles. The summed E-state index contributed by atoms with van der Waals surface area (Å²) >= 11 is 0. The van der Waals surface area contributed by atoms with Crippen LogP contribution in [-0.2, 0) is 6.54 Å². The monoisotopic (exact) mass is 245 g/mol. The maximum atomic E-state index is 5.41. The van der Waals surface area contributed by atoms with Crippen LogP contribution in [0.2, 0.25) is 0 Å². The van der Waals surface area contributed by atoms with Crippen LogP contribution in [0.15, 0.2) is 41.0 Å². The maximum Gasteiger partial charge on any atom is 0.120 e. The minimum absolute atomic E-state index is 0.254. The molecule has 1 N–H and O–H groups in total. The molecule has 0 aliphatic heterocycles. The molecule has 2 rings (SSSR count). The molecule has 0 radical (unpaired) electrons. The molecule has 0 aliphatic carbocycles. The molecule has 0 aliphatic rings. The van der Waals surface area contributed by atoms with E-state index in [1.165, 1.54) is 11.1 Å². The van der Waals surface area contributed by atoms with Gasteiger partial charge in [0.25, 0.3) is 0 Å². The van der Waals surface area contributed by atoms with E-state index in [1.807, 2.05) is 24.3 Å². The van der Waals surface area contributed by atoms with Gasteiger partial charge in [0.1, 0.15) is 11.5 Å². The summed E-state index contributed by atoms with van der Waals surface area (Å²) in [6, 6.07) is 10.3. The van der Waals surface area contributed by atoms with E-state index < -0.39 is 0 Å². The second-order valence-electron chi connectivity index (χ2n) is 4.41. The summed E-state index contributed by atoms with van der Waals surface area (Å²) in [6.45, 7) is 4.92. The van der Waals surface area contributed by atoms with E-state index in [0.717, 1.165) is 18.1 Å². The van der Waals surface area contributed by atoms with Gasteiger partial charge in [0.15, 0.2) is 0 Å². The predicted octanol–water partition coefficient (Wildman–Crippen LogP) is 3.45. The Hall–Kier alpha value is -1.74. The number of methoxy groups -OCH3 is 1. The van der Waals surface area contributed by atoms with Crippen molar-refractivity contribution < 1.29 is 9.15 Å². The topological polar surface area (TPSA) is 34.4 Å². The molecule has 0 bridgehead atoms. The van der Waals surface area contributed by atoms with Crippen LogP contribution in [0, 0.1) is 6.92 Å². The van der Waals surface area contributed by atoms with E-state index in [2.05, 4.69) is 25.2 Å². The Balaban J connectivity index is 1.99. The van der Waals surface area contributed by atoms with Crippen LogP contribution in [0.1, 0.15) is 29.9 Å². The minimum atomic E-state index is 0.254. The first-order valence-corrected chi connectivity index (χ1v) is 6.11. The molecule has 96 valence electrons. The lowest BCUT2D eigenvalue weighted by atomic mass is 10.1. The Morgan fingerprint density at radius 3 is 2.83 bits per heavy atom. The third-order valence-electron chi connectivity index (χ3n) is 3.13. The molecule has 0 unspecified atom stereocenters. The molecule has 0 amide bonds. The molecule has 1 aromatic carbocycles. The lowest BCUT2D eigenvalue weighted by molar-refractivity contribution is 0.412. The van der Waals surface area contributed by atoms with Crippen molar-refractivity contribution in [2.75, 3.05) is 7.11 Å². The molecule has 0 spiro atoms. The van der Waals surface area contributed by atoms with Crippen LogP contribution in [0.5, 0.6) is 5.75 Å². The molecule has 3 nitrogen and oxygen atoms in total. The molecular weight excluding hydrogens is 226 g/mol. The highest BCUT2D eigenvalue weighted by molar-refractivity contribution is 5.30. The average Bonchev–Trinajstić information content (AvgIpc) is 2.81. The molecule has 1 atom stereocenters. The number of rotatable bonds is 5. The molecule has 2 aromatic rings. The first kappa shape index (κ1) is 12.7. The van der Waals surface area contributed by atoms with Gasteiger partial charge in [-0.05, 0) is 43.2 Å². The summed E-state index contributed by atoms with van der Waals surface area (Å²) < 4.78 is 10.6. The fourth-order valence-corrected chi connectivity index (χ4v) is 1.86. The van der Waals surface area contributed by atoms with Crippen LogP contribution in [0.4, 0.5) is 0 Å². The van der Waals surface area contributed by atoms with Gasteiger partial charge in [-0.15, -0.1) is 0 Å². The molecule has 0 fully saturated rings. The molecule has 3 heteroatoms. The molecule has 0 saturated heterocycles. The van der Waals surface area contributed by atoms with E-state index in [1.54, 1.807) is 13.4 Å². The number of furan rings is 1. The lowest BCUT2D eigenvalue weighted by Gasteiger charge is -2.14. The Morgan fingerprint density at radius 2 is 2.17 bits per heavy atom. The van der Waals surface area contributed by atoms with Crippen molar-refractivity contribution in [3.8, 4) is 5.75 Å². The minimum Gasteiger partial charge on any atom is -0.497 e. The SMILES string of the molecule is COc1cccc([C@@H](C)NCc2occc2C)c1. The standard InChI is InChI=1S/C15H19NO2/c1-11-7-8-18-15(11)10-16-12(2)13-5-4-6-14(9-13)17-3/h4-9,12,16H,10H2,1-3H3/t12-/m1/s1. The van der Waals surface area contributed by atoms with Gasteiger partial charge in [-0.25, -0.2) is 0 Å². The Kier molecular flexibility index (Phi) is 4.05. The summed E-state index contributed by atoms with van der Waals surface area (Å²) in [5.41, 5.74) is 2.39. The van der Waals surface area contributed by atoms with Crippen LogP contribution >= 0.6 is 0 Å². The van der Waals surface area contributed by atoms with Gasteiger partial charge >= 0.3 is 0 Å². The highest BCUT2D eigenvalue weighted by Gasteiger charge is 2.08. The summed E-state index contributed by atoms with van der Waals surface area (Å²) in [6.07, 6.45) is 1.72. The van der Waals surface area contributed by atoms with Crippen molar-refractivity contribution in [1.82, 2.24) is 5.32 Å². The van der Waals surface area contributed by atoms with Gasteiger partial charge in [-0.2, -0.15) is 0 Å². The van der Waals surface area contributed by atoms with Crippen molar-refractivity contribution >= 4 is 0 Å². The zero-order valence-electron chi connectivity index (χ0n) is 11.1. The number of hydrogen-bond acceptors (Lipinski definition) is 3. The van der Waals surface area contributed by atoms with Crippen LogP contribution < -0.4 is 10.1 Å². The highest BCUT2D eigenvalue weighted by atomic mass is 16.5. The zero-order chi connectivity index (χ0) is 13.0. The largest absolute Gasteiger partial charge is 0.497 e. The predicted molar refractivity (Wildman–Crippen MR) is 71.7 cm³/mol. The first-order chi connectivity index (χ1) is 8.70. The van der Waals surface area contributed by atoms with E-state index in [4.69, 9.17) is 9.15 Å². The van der Waals surface area contributed by atoms with Gasteiger partial charge in [-0.3, -0.25) is 0 Å². The fourth-order valence-electron chi connectivity index (χ4n) is 1.86. The average molecular weight is 245 g/mol. The summed E-state index contributed by atoms with van der Waals surface area (Å²) in [4.78, 5) is 0. The van der Waals surface area contributed by atoms with E-state index in [-0.39, 0.29) is 6.04 Å². The Labute approximate surface area is 108 Å². The quantitative estimate of drug-likeness (QED) is 0.876. The van der Waals surface area contributed by atoms with Crippen molar-refractivity contribution in [2.24, 2.45) is 0 Å². The molecule has 1 aromatic heterocycles. The van der Waals surface area contributed by atoms with Crippen molar-refractivity contribution in [2.45, 2.75) is 26.4 Å². The lowest BCUT2D eigenvalue weighted by Crippen LogP contribution is -2.18.